The maximum atomic E-state index is 13.5. The van der Waals surface area contributed by atoms with Crippen LogP contribution in [0.4, 0.5) is 24.8 Å². The van der Waals surface area contributed by atoms with Gasteiger partial charge in [-0.25, -0.2) is 19.3 Å². The van der Waals surface area contributed by atoms with Crippen LogP contribution < -0.4 is 16.2 Å². The number of fused-ring (bicyclic) bond motifs is 2. The van der Waals surface area contributed by atoms with E-state index in [-0.39, 0.29) is 22.8 Å². The number of nitriles is 1. The first-order valence-corrected chi connectivity index (χ1v) is 11.6. The molecule has 2 N–H and O–H groups in total. The van der Waals surface area contributed by atoms with Crippen molar-refractivity contribution in [3.8, 4) is 11.9 Å². The Hall–Kier alpha value is -4.24. The Labute approximate surface area is 209 Å². The van der Waals surface area contributed by atoms with Crippen molar-refractivity contribution in [2.75, 3.05) is 11.9 Å². The van der Waals surface area contributed by atoms with E-state index < -0.39 is 23.7 Å². The van der Waals surface area contributed by atoms with Gasteiger partial charge in [0.25, 0.3) is 5.56 Å². The Kier molecular flexibility index (Phi) is 5.95. The van der Waals surface area contributed by atoms with Crippen LogP contribution in [0.25, 0.3) is 16.9 Å². The van der Waals surface area contributed by atoms with Crippen LogP contribution in [-0.2, 0) is 24.9 Å². The number of rotatable bonds is 5. The molecule has 0 atom stereocenters. The van der Waals surface area contributed by atoms with Gasteiger partial charge in [-0.05, 0) is 62.2 Å². The molecule has 190 valence electrons. The quantitative estimate of drug-likeness (QED) is 0.422. The molecule has 1 aliphatic heterocycles. The lowest BCUT2D eigenvalue weighted by Gasteiger charge is -2.18. The van der Waals surface area contributed by atoms with Crippen LogP contribution >= 0.6 is 0 Å². The number of alkyl halides is 3. The molecule has 12 heteroatoms. The van der Waals surface area contributed by atoms with Crippen molar-refractivity contribution in [3.63, 3.8) is 0 Å². The summed E-state index contributed by atoms with van der Waals surface area (Å²) in [5, 5.41) is 15.8. The number of nitrogens with zero attached hydrogens (tertiary/aromatic N) is 6. The van der Waals surface area contributed by atoms with E-state index in [0.29, 0.717) is 16.1 Å². The maximum absolute atomic E-state index is 13.5. The fourth-order valence-electron chi connectivity index (χ4n) is 4.27. The van der Waals surface area contributed by atoms with Crippen LogP contribution in [0.5, 0.6) is 0 Å². The Morgan fingerprint density at radius 2 is 1.97 bits per heavy atom. The van der Waals surface area contributed by atoms with Crippen molar-refractivity contribution in [2.45, 2.75) is 44.9 Å². The zero-order valence-electron chi connectivity index (χ0n) is 20.1. The molecule has 37 heavy (non-hydrogen) atoms. The highest BCUT2D eigenvalue weighted by Crippen LogP contribution is 2.26. The highest BCUT2D eigenvalue weighted by molar-refractivity contribution is 5.77. The summed E-state index contributed by atoms with van der Waals surface area (Å²) >= 11 is 0. The first kappa shape index (κ1) is 24.5. The zero-order chi connectivity index (χ0) is 26.4. The third-order valence-corrected chi connectivity index (χ3v) is 6.22. The molecular formula is C25H23F3N8O. The lowest BCUT2D eigenvalue weighted by Crippen LogP contribution is -2.30. The third kappa shape index (κ3) is 4.77. The Balaban J connectivity index is 1.65. The van der Waals surface area contributed by atoms with Crippen molar-refractivity contribution >= 4 is 22.7 Å². The van der Waals surface area contributed by atoms with Crippen LogP contribution in [0.15, 0.2) is 47.4 Å². The van der Waals surface area contributed by atoms with Crippen molar-refractivity contribution in [2.24, 2.45) is 0 Å². The molecule has 0 bridgehead atoms. The van der Waals surface area contributed by atoms with Gasteiger partial charge in [0.1, 0.15) is 11.9 Å². The van der Waals surface area contributed by atoms with Crippen LogP contribution in [0, 0.1) is 11.3 Å². The van der Waals surface area contributed by atoms with Crippen molar-refractivity contribution in [3.05, 3.63) is 69.8 Å². The number of halogens is 3. The first-order chi connectivity index (χ1) is 17.6. The predicted octanol–water partition coefficient (Wildman–Crippen LogP) is 3.73. The maximum Gasteiger partial charge on any atom is 0.408 e. The molecule has 0 saturated carbocycles. The number of hydrogen-bond acceptors (Lipinski definition) is 7. The second-order valence-electron chi connectivity index (χ2n) is 9.37. The van der Waals surface area contributed by atoms with Crippen LogP contribution in [0.1, 0.15) is 30.7 Å². The average molecular weight is 509 g/mol. The second kappa shape index (κ2) is 9.01. The van der Waals surface area contributed by atoms with E-state index in [4.69, 9.17) is 0 Å². The molecule has 0 saturated heterocycles. The average Bonchev–Trinajstić information content (AvgIpc) is 3.13. The number of hydrogen-bond donors (Lipinski definition) is 2. The monoisotopic (exact) mass is 508 g/mol. The van der Waals surface area contributed by atoms with Crippen molar-refractivity contribution in [1.29, 1.82) is 5.26 Å². The zero-order valence-corrected chi connectivity index (χ0v) is 20.1. The molecule has 5 rings (SSSR count). The van der Waals surface area contributed by atoms with E-state index in [0.717, 1.165) is 29.8 Å². The molecule has 1 aromatic carbocycles. The molecule has 0 amide bonds. The molecule has 0 spiro atoms. The lowest BCUT2D eigenvalue weighted by molar-refractivity contribution is -0.144. The van der Waals surface area contributed by atoms with Crippen LogP contribution in [-0.4, -0.2) is 37.0 Å². The number of nitrogens with one attached hydrogen (secondary N) is 2. The summed E-state index contributed by atoms with van der Waals surface area (Å²) in [6, 6.07) is 12.6. The summed E-state index contributed by atoms with van der Waals surface area (Å²) in [5.41, 5.74) is 1.49. The van der Waals surface area contributed by atoms with Crippen LogP contribution in [0.3, 0.4) is 0 Å². The molecule has 0 fully saturated rings. The molecule has 4 aromatic rings. The van der Waals surface area contributed by atoms with Gasteiger partial charge in [0.05, 0.1) is 17.2 Å². The standard InChI is InChI=1S/C25H23F3N8O/c1-24(2,13-29)19-4-3-5-20(33-19)36-21-18(22(37)35(36)14-25(26,27)28)12-31-23(34-21)32-17-7-6-15-8-9-30-11-16(15)10-17/h3-7,10,12,30H,8-9,11,14H2,1-2H3,(H,31,32,34). The number of anilines is 2. The number of aromatic nitrogens is 5. The highest BCUT2D eigenvalue weighted by atomic mass is 19.4. The van der Waals surface area contributed by atoms with Crippen molar-refractivity contribution < 1.29 is 13.2 Å². The van der Waals surface area contributed by atoms with E-state index in [1.54, 1.807) is 26.0 Å². The summed E-state index contributed by atoms with van der Waals surface area (Å²) in [7, 11) is 0. The normalized spacial score (nSPS) is 13.8. The molecule has 1 aliphatic rings. The molecular weight excluding hydrogens is 485 g/mol. The SMILES string of the molecule is CC(C)(C#N)c1cccc(-n2c3nc(Nc4ccc5c(c4)CNCC5)ncc3c(=O)n2CC(F)(F)F)n1. The lowest BCUT2D eigenvalue weighted by atomic mass is 9.91. The van der Waals surface area contributed by atoms with E-state index in [2.05, 4.69) is 31.7 Å². The molecule has 9 nitrogen and oxygen atoms in total. The Bertz CT molecular complexity index is 1600. The predicted molar refractivity (Wildman–Crippen MR) is 131 cm³/mol. The minimum atomic E-state index is -4.68. The van der Waals surface area contributed by atoms with E-state index in [1.165, 1.54) is 17.8 Å². The Morgan fingerprint density at radius 1 is 1.16 bits per heavy atom. The first-order valence-electron chi connectivity index (χ1n) is 11.6. The fourth-order valence-corrected chi connectivity index (χ4v) is 4.27. The van der Waals surface area contributed by atoms with Crippen LogP contribution in [0.2, 0.25) is 0 Å². The summed E-state index contributed by atoms with van der Waals surface area (Å²) < 4.78 is 42.0. The van der Waals surface area contributed by atoms with Gasteiger partial charge in [-0.3, -0.25) is 4.79 Å². The largest absolute Gasteiger partial charge is 0.408 e. The van der Waals surface area contributed by atoms with Gasteiger partial charge in [-0.1, -0.05) is 12.1 Å². The van der Waals surface area contributed by atoms with E-state index in [1.807, 2.05) is 18.2 Å². The minimum Gasteiger partial charge on any atom is -0.324 e. The summed E-state index contributed by atoms with van der Waals surface area (Å²) in [5.74, 6) is 0.143. The fraction of sp³-hybridized carbons (Fsp3) is 0.320. The van der Waals surface area contributed by atoms with Gasteiger partial charge in [0, 0.05) is 18.4 Å². The van der Waals surface area contributed by atoms with Gasteiger partial charge < -0.3 is 10.6 Å². The Morgan fingerprint density at radius 3 is 2.73 bits per heavy atom. The number of pyridine rings is 1. The van der Waals surface area contributed by atoms with Gasteiger partial charge >= 0.3 is 6.18 Å². The topological polar surface area (TPSA) is 113 Å². The molecule has 0 radical (unpaired) electrons. The molecule has 4 heterocycles. The molecule has 3 aromatic heterocycles. The summed E-state index contributed by atoms with van der Waals surface area (Å²) in [6.45, 7) is 3.39. The smallest absolute Gasteiger partial charge is 0.324 e. The van der Waals surface area contributed by atoms with E-state index >= 15 is 0 Å². The van der Waals surface area contributed by atoms with Gasteiger partial charge in [-0.15, -0.1) is 0 Å². The van der Waals surface area contributed by atoms with Gasteiger partial charge in [-0.2, -0.15) is 23.4 Å². The molecule has 0 aliphatic carbocycles. The van der Waals surface area contributed by atoms with E-state index in [9.17, 15) is 23.2 Å². The third-order valence-electron chi connectivity index (χ3n) is 6.22. The second-order valence-corrected chi connectivity index (χ2v) is 9.37. The highest BCUT2D eigenvalue weighted by Gasteiger charge is 2.32. The minimum absolute atomic E-state index is 0.0293. The molecule has 0 unspecified atom stereocenters. The van der Waals surface area contributed by atoms with Gasteiger partial charge in [0.15, 0.2) is 11.5 Å². The van der Waals surface area contributed by atoms with Gasteiger partial charge in [0.2, 0.25) is 5.95 Å². The summed E-state index contributed by atoms with van der Waals surface area (Å²) in [6.07, 6.45) is -2.55. The number of benzene rings is 1. The summed E-state index contributed by atoms with van der Waals surface area (Å²) in [4.78, 5) is 26.0. The van der Waals surface area contributed by atoms with Crippen molar-refractivity contribution in [1.82, 2.24) is 29.6 Å².